The molecular weight excluding hydrogens is 331 g/mol. The number of hydrogen-bond donors (Lipinski definition) is 1. The van der Waals surface area contributed by atoms with Gasteiger partial charge in [-0.15, -0.1) is 0 Å². The molecule has 0 aliphatic carbocycles. The summed E-state index contributed by atoms with van der Waals surface area (Å²) in [5.41, 5.74) is 1.12. The van der Waals surface area contributed by atoms with Crippen LogP contribution in [-0.2, 0) is 6.54 Å². The number of hydrogen-bond acceptors (Lipinski definition) is 3. The molecule has 0 bridgehead atoms. The molecule has 1 aromatic heterocycles. The Labute approximate surface area is 143 Å². The maximum atomic E-state index is 13.2. The van der Waals surface area contributed by atoms with Crippen LogP contribution in [0.1, 0.15) is 22.0 Å². The highest BCUT2D eigenvalue weighted by Gasteiger charge is 2.19. The Morgan fingerprint density at radius 2 is 1.88 bits per heavy atom. The molecule has 3 rings (SSSR count). The minimum absolute atomic E-state index is 0.0662. The Bertz CT molecular complexity index is 824. The molecule has 122 valence electrons. The van der Waals surface area contributed by atoms with Crippen molar-refractivity contribution in [2.24, 2.45) is 0 Å². The first-order chi connectivity index (χ1) is 11.6. The topological polar surface area (TPSA) is 59.8 Å². The van der Waals surface area contributed by atoms with Gasteiger partial charge in [0, 0.05) is 0 Å². The van der Waals surface area contributed by atoms with Gasteiger partial charge in [-0.2, -0.15) is 15.0 Å². The van der Waals surface area contributed by atoms with Crippen molar-refractivity contribution in [2.45, 2.75) is 12.6 Å². The second kappa shape index (κ2) is 7.23. The number of nitrogens with one attached hydrogen (secondary N) is 1. The van der Waals surface area contributed by atoms with Crippen molar-refractivity contribution < 1.29 is 9.18 Å². The highest BCUT2D eigenvalue weighted by Crippen LogP contribution is 2.20. The van der Waals surface area contributed by atoms with Gasteiger partial charge in [0.2, 0.25) is 0 Å². The van der Waals surface area contributed by atoms with Gasteiger partial charge in [-0.25, -0.2) is 4.39 Å². The van der Waals surface area contributed by atoms with Crippen molar-refractivity contribution >= 4 is 17.5 Å². The molecule has 1 N–H and O–H groups in total. The molecular formula is C17H14ClFN4O. The number of amides is 1. The largest absolute Gasteiger partial charge is 0.343 e. The quantitative estimate of drug-likeness (QED) is 0.773. The molecule has 0 spiro atoms. The molecule has 0 saturated heterocycles. The average Bonchev–Trinajstić information content (AvgIpc) is 3.08. The lowest BCUT2D eigenvalue weighted by molar-refractivity contribution is 0.0931. The zero-order chi connectivity index (χ0) is 16.9. The third-order valence-electron chi connectivity index (χ3n) is 3.50. The van der Waals surface area contributed by atoms with Crippen molar-refractivity contribution in [3.8, 4) is 0 Å². The van der Waals surface area contributed by atoms with E-state index in [-0.39, 0.29) is 22.5 Å². The molecule has 7 heteroatoms. The fourth-order valence-corrected chi connectivity index (χ4v) is 2.58. The number of carbonyl (C=O) groups excluding carboxylic acids is 1. The van der Waals surface area contributed by atoms with Crippen LogP contribution in [0.2, 0.25) is 5.02 Å². The van der Waals surface area contributed by atoms with E-state index >= 15 is 0 Å². The van der Waals surface area contributed by atoms with E-state index in [9.17, 15) is 9.18 Å². The normalized spacial score (nSPS) is 11.9. The van der Waals surface area contributed by atoms with Gasteiger partial charge >= 0.3 is 0 Å². The van der Waals surface area contributed by atoms with Crippen LogP contribution < -0.4 is 5.32 Å². The highest BCUT2D eigenvalue weighted by atomic mass is 35.5. The number of nitrogens with zero attached hydrogens (tertiary/aromatic N) is 3. The fourth-order valence-electron chi connectivity index (χ4n) is 2.33. The Balaban J connectivity index is 1.84. The van der Waals surface area contributed by atoms with Crippen LogP contribution in [0.3, 0.4) is 0 Å². The summed E-state index contributed by atoms with van der Waals surface area (Å²) < 4.78 is 13.2. The van der Waals surface area contributed by atoms with Crippen LogP contribution in [-0.4, -0.2) is 20.9 Å². The standard InChI is InChI=1S/C17H14ClFN4O/c18-15-10-13(19)6-7-14(15)17(24)22-16(11-23-20-8-9-21-23)12-4-2-1-3-5-12/h1-10,16H,11H2,(H,22,24). The molecule has 1 heterocycles. The van der Waals surface area contributed by atoms with Gasteiger partial charge < -0.3 is 5.32 Å². The van der Waals surface area contributed by atoms with Crippen molar-refractivity contribution in [1.82, 2.24) is 20.3 Å². The summed E-state index contributed by atoms with van der Waals surface area (Å²) >= 11 is 5.97. The monoisotopic (exact) mass is 344 g/mol. The smallest absolute Gasteiger partial charge is 0.253 e. The summed E-state index contributed by atoms with van der Waals surface area (Å²) in [6.45, 7) is 0.363. The Kier molecular flexibility index (Phi) is 4.86. The first-order valence-electron chi connectivity index (χ1n) is 7.28. The van der Waals surface area contributed by atoms with Gasteiger partial charge in [0.15, 0.2) is 0 Å². The van der Waals surface area contributed by atoms with Crippen LogP contribution in [0.25, 0.3) is 0 Å². The van der Waals surface area contributed by atoms with Crippen molar-refractivity contribution in [3.63, 3.8) is 0 Å². The summed E-state index contributed by atoms with van der Waals surface area (Å²) in [4.78, 5) is 14.0. The number of rotatable bonds is 5. The first kappa shape index (κ1) is 16.1. The van der Waals surface area contributed by atoms with Gasteiger partial charge in [-0.05, 0) is 23.8 Å². The van der Waals surface area contributed by atoms with Crippen molar-refractivity contribution in [3.05, 3.63) is 82.9 Å². The molecule has 1 amide bonds. The molecule has 0 aliphatic heterocycles. The van der Waals surface area contributed by atoms with Gasteiger partial charge in [0.25, 0.3) is 5.91 Å². The van der Waals surface area contributed by atoms with E-state index in [4.69, 9.17) is 11.6 Å². The summed E-state index contributed by atoms with van der Waals surface area (Å²) in [6.07, 6.45) is 3.14. The summed E-state index contributed by atoms with van der Waals surface area (Å²) in [7, 11) is 0. The molecule has 3 aromatic rings. The van der Waals surface area contributed by atoms with Gasteiger partial charge in [0.05, 0.1) is 35.6 Å². The number of carbonyl (C=O) groups is 1. The maximum absolute atomic E-state index is 13.2. The molecule has 1 atom stereocenters. The summed E-state index contributed by atoms with van der Waals surface area (Å²) in [5, 5.41) is 11.1. The zero-order valence-corrected chi connectivity index (χ0v) is 13.3. The maximum Gasteiger partial charge on any atom is 0.253 e. The predicted octanol–water partition coefficient (Wildman–Crippen LogP) is 3.24. The van der Waals surface area contributed by atoms with Crippen LogP contribution >= 0.6 is 11.6 Å². The molecule has 5 nitrogen and oxygen atoms in total. The zero-order valence-electron chi connectivity index (χ0n) is 12.6. The van der Waals surface area contributed by atoms with E-state index in [0.29, 0.717) is 6.54 Å². The van der Waals surface area contributed by atoms with Crippen molar-refractivity contribution in [2.75, 3.05) is 0 Å². The Hall–Kier alpha value is -2.73. The van der Waals surface area contributed by atoms with Crippen molar-refractivity contribution in [1.29, 1.82) is 0 Å². The van der Waals surface area contributed by atoms with Crippen LogP contribution in [0.4, 0.5) is 4.39 Å². The summed E-state index contributed by atoms with van der Waals surface area (Å²) in [6, 6.07) is 12.8. The molecule has 0 radical (unpaired) electrons. The van der Waals surface area contributed by atoms with E-state index in [1.165, 1.54) is 16.9 Å². The lowest BCUT2D eigenvalue weighted by Gasteiger charge is -2.19. The summed E-state index contributed by atoms with van der Waals surface area (Å²) in [5.74, 6) is -0.877. The van der Waals surface area contributed by atoms with E-state index < -0.39 is 5.82 Å². The number of benzene rings is 2. The van der Waals surface area contributed by atoms with Gasteiger partial charge in [-0.3, -0.25) is 4.79 Å². The first-order valence-corrected chi connectivity index (χ1v) is 7.66. The SMILES string of the molecule is O=C(NC(Cn1nccn1)c1ccccc1)c1ccc(F)cc1Cl. The fraction of sp³-hybridized carbons (Fsp3) is 0.118. The second-order valence-corrected chi connectivity index (χ2v) is 5.55. The van der Waals surface area contributed by atoms with Gasteiger partial charge in [-0.1, -0.05) is 41.9 Å². The van der Waals surface area contributed by atoms with E-state index in [1.807, 2.05) is 30.3 Å². The number of aromatic nitrogens is 3. The lowest BCUT2D eigenvalue weighted by atomic mass is 10.1. The van der Waals surface area contributed by atoms with E-state index in [2.05, 4.69) is 15.5 Å². The molecule has 1 unspecified atom stereocenters. The lowest BCUT2D eigenvalue weighted by Crippen LogP contribution is -2.32. The third-order valence-corrected chi connectivity index (χ3v) is 3.81. The number of halogens is 2. The highest BCUT2D eigenvalue weighted by molar-refractivity contribution is 6.33. The Morgan fingerprint density at radius 1 is 1.17 bits per heavy atom. The van der Waals surface area contributed by atoms with Crippen LogP contribution in [0.15, 0.2) is 60.9 Å². The minimum atomic E-state index is -0.489. The molecule has 0 fully saturated rings. The molecule has 0 saturated carbocycles. The average molecular weight is 345 g/mol. The Morgan fingerprint density at radius 3 is 2.54 bits per heavy atom. The van der Waals surface area contributed by atoms with E-state index in [0.717, 1.165) is 11.6 Å². The van der Waals surface area contributed by atoms with E-state index in [1.54, 1.807) is 12.4 Å². The predicted molar refractivity (Wildman–Crippen MR) is 88.1 cm³/mol. The van der Waals surface area contributed by atoms with Crippen LogP contribution in [0, 0.1) is 5.82 Å². The second-order valence-electron chi connectivity index (χ2n) is 5.14. The van der Waals surface area contributed by atoms with Crippen LogP contribution in [0.5, 0.6) is 0 Å². The third kappa shape index (κ3) is 3.78. The van der Waals surface area contributed by atoms with Gasteiger partial charge in [0.1, 0.15) is 5.82 Å². The molecule has 24 heavy (non-hydrogen) atoms. The molecule has 0 aliphatic rings. The molecule has 2 aromatic carbocycles. The minimum Gasteiger partial charge on any atom is -0.343 e.